The van der Waals surface area contributed by atoms with Crippen LogP contribution in [-0.4, -0.2) is 4.98 Å². The number of hydrogen-bond acceptors (Lipinski definition) is 1. The van der Waals surface area contributed by atoms with Gasteiger partial charge >= 0.3 is 0 Å². The van der Waals surface area contributed by atoms with E-state index in [2.05, 4.69) is 20.9 Å². The quantitative estimate of drug-likeness (QED) is 0.657. The molecule has 0 fully saturated rings. The van der Waals surface area contributed by atoms with Gasteiger partial charge in [-0.1, -0.05) is 11.6 Å². The van der Waals surface area contributed by atoms with E-state index in [1.807, 2.05) is 0 Å². The molecule has 0 saturated carbocycles. The van der Waals surface area contributed by atoms with Crippen molar-refractivity contribution in [2.45, 2.75) is 0 Å². The number of nitrogens with zero attached hydrogens (tertiary/aromatic N) is 1. The van der Waals surface area contributed by atoms with Gasteiger partial charge in [-0.05, 0) is 39.5 Å². The number of fused-ring (bicyclic) bond motifs is 1. The zero-order valence-corrected chi connectivity index (χ0v) is 8.73. The molecule has 0 radical (unpaired) electrons. The molecule has 1 aromatic heterocycles. The Hall–Kier alpha value is -0.670. The van der Waals surface area contributed by atoms with Crippen molar-refractivity contribution >= 4 is 38.3 Å². The predicted molar refractivity (Wildman–Crippen MR) is 54.4 cm³/mol. The molecule has 0 aliphatic heterocycles. The number of halogens is 3. The maximum absolute atomic E-state index is 13.1. The number of hydrogen-bond donors (Lipinski definition) is 0. The Morgan fingerprint density at radius 2 is 2.00 bits per heavy atom. The highest BCUT2D eigenvalue weighted by Crippen LogP contribution is 2.24. The molecule has 13 heavy (non-hydrogen) atoms. The molecule has 4 heteroatoms. The van der Waals surface area contributed by atoms with Crippen LogP contribution in [-0.2, 0) is 0 Å². The summed E-state index contributed by atoms with van der Waals surface area (Å²) in [4.78, 5) is 3.90. The van der Waals surface area contributed by atoms with Crippen molar-refractivity contribution in [1.29, 1.82) is 0 Å². The van der Waals surface area contributed by atoms with Crippen LogP contribution in [0, 0.1) is 5.82 Å². The Morgan fingerprint density at radius 3 is 2.77 bits per heavy atom. The van der Waals surface area contributed by atoms with Gasteiger partial charge in [0.05, 0.1) is 4.47 Å². The van der Waals surface area contributed by atoms with E-state index in [4.69, 9.17) is 11.6 Å². The minimum Gasteiger partial charge on any atom is -0.244 e. The second kappa shape index (κ2) is 3.24. The van der Waals surface area contributed by atoms with Gasteiger partial charge in [-0.2, -0.15) is 0 Å². The lowest BCUT2D eigenvalue weighted by Crippen LogP contribution is -1.81. The first-order valence-corrected chi connectivity index (χ1v) is 4.74. The molecule has 1 aromatic carbocycles. The monoisotopic (exact) mass is 259 g/mol. The molecule has 0 N–H and O–H groups in total. The summed E-state index contributed by atoms with van der Waals surface area (Å²) in [6.45, 7) is 0. The molecule has 66 valence electrons. The molecule has 0 spiro atoms. The van der Waals surface area contributed by atoms with E-state index in [9.17, 15) is 4.39 Å². The molecule has 0 aliphatic rings. The zero-order valence-electron chi connectivity index (χ0n) is 6.39. The molecular formula is C9H4BrClFN. The summed E-state index contributed by atoms with van der Waals surface area (Å²) in [6.07, 6.45) is 1.61. The van der Waals surface area contributed by atoms with E-state index in [1.165, 1.54) is 6.07 Å². The average Bonchev–Trinajstić information content (AvgIpc) is 2.08. The number of pyridine rings is 1. The number of rotatable bonds is 0. The molecule has 0 atom stereocenters. The fraction of sp³-hybridized carbons (Fsp3) is 0. The molecule has 0 aliphatic carbocycles. The highest BCUT2D eigenvalue weighted by Gasteiger charge is 2.02. The number of aromatic nitrogens is 1. The summed E-state index contributed by atoms with van der Waals surface area (Å²) in [5, 5.41) is 1.98. The molecule has 0 saturated heterocycles. The largest absolute Gasteiger partial charge is 0.244 e. The third-order valence-corrected chi connectivity index (χ3v) is 2.54. The van der Waals surface area contributed by atoms with E-state index in [-0.39, 0.29) is 5.82 Å². The van der Waals surface area contributed by atoms with Gasteiger partial charge in [0, 0.05) is 11.6 Å². The molecule has 0 unspecified atom stereocenters. The second-order valence-corrected chi connectivity index (χ2v) is 3.86. The Bertz CT molecular complexity index is 472. The maximum atomic E-state index is 13.1. The van der Waals surface area contributed by atoms with E-state index in [0.29, 0.717) is 9.63 Å². The second-order valence-electron chi connectivity index (χ2n) is 2.62. The van der Waals surface area contributed by atoms with Crippen molar-refractivity contribution in [3.05, 3.63) is 39.8 Å². The van der Waals surface area contributed by atoms with E-state index in [1.54, 1.807) is 18.3 Å². The molecule has 0 amide bonds. The standard InChI is InChI=1S/C9H4BrClFN/c10-7-1-6-4-13-9(11)3-5(6)2-8(7)12/h1-4H. The first kappa shape index (κ1) is 8.91. The van der Waals surface area contributed by atoms with Gasteiger partial charge in [-0.15, -0.1) is 0 Å². The van der Waals surface area contributed by atoms with Crippen LogP contribution in [0.15, 0.2) is 28.9 Å². The van der Waals surface area contributed by atoms with E-state index < -0.39 is 0 Å². The Labute approximate surface area is 87.7 Å². The maximum Gasteiger partial charge on any atom is 0.138 e. The predicted octanol–water partition coefficient (Wildman–Crippen LogP) is 3.79. The van der Waals surface area contributed by atoms with Crippen molar-refractivity contribution in [3.63, 3.8) is 0 Å². The highest BCUT2D eigenvalue weighted by atomic mass is 79.9. The molecule has 0 bridgehead atoms. The lowest BCUT2D eigenvalue weighted by atomic mass is 10.2. The first-order chi connectivity index (χ1) is 6.16. The molecule has 1 nitrogen and oxygen atoms in total. The number of benzene rings is 1. The fourth-order valence-corrected chi connectivity index (χ4v) is 1.64. The van der Waals surface area contributed by atoms with Crippen LogP contribution < -0.4 is 0 Å². The smallest absolute Gasteiger partial charge is 0.138 e. The summed E-state index contributed by atoms with van der Waals surface area (Å²) in [7, 11) is 0. The van der Waals surface area contributed by atoms with Crippen LogP contribution >= 0.6 is 27.5 Å². The van der Waals surface area contributed by atoms with Gasteiger partial charge in [-0.25, -0.2) is 9.37 Å². The normalized spacial score (nSPS) is 10.7. The SMILES string of the molecule is Fc1cc2cc(Cl)ncc2cc1Br. The van der Waals surface area contributed by atoms with Gasteiger partial charge in [0.1, 0.15) is 11.0 Å². The van der Waals surface area contributed by atoms with Crippen molar-refractivity contribution in [3.8, 4) is 0 Å². The summed E-state index contributed by atoms with van der Waals surface area (Å²) >= 11 is 8.76. The van der Waals surface area contributed by atoms with Gasteiger partial charge in [0.15, 0.2) is 0 Å². The van der Waals surface area contributed by atoms with Crippen LogP contribution in [0.3, 0.4) is 0 Å². The van der Waals surface area contributed by atoms with Crippen molar-refractivity contribution in [2.75, 3.05) is 0 Å². The van der Waals surface area contributed by atoms with Gasteiger partial charge in [-0.3, -0.25) is 0 Å². The van der Waals surface area contributed by atoms with Crippen LogP contribution in [0.2, 0.25) is 5.15 Å². The third kappa shape index (κ3) is 1.67. The topological polar surface area (TPSA) is 12.9 Å². The Kier molecular flexibility index (Phi) is 2.22. The lowest BCUT2D eigenvalue weighted by Gasteiger charge is -1.99. The van der Waals surface area contributed by atoms with Crippen molar-refractivity contribution in [1.82, 2.24) is 4.98 Å². The lowest BCUT2D eigenvalue weighted by molar-refractivity contribution is 0.623. The Balaban J connectivity index is 2.81. The fourth-order valence-electron chi connectivity index (χ4n) is 1.11. The van der Waals surface area contributed by atoms with Crippen molar-refractivity contribution in [2.24, 2.45) is 0 Å². The van der Waals surface area contributed by atoms with E-state index >= 15 is 0 Å². The highest BCUT2D eigenvalue weighted by molar-refractivity contribution is 9.10. The average molecular weight is 260 g/mol. The van der Waals surface area contributed by atoms with E-state index in [0.717, 1.165) is 10.8 Å². The minimum absolute atomic E-state index is 0.297. The summed E-state index contributed by atoms with van der Waals surface area (Å²) in [5.41, 5.74) is 0. The Morgan fingerprint density at radius 1 is 1.23 bits per heavy atom. The first-order valence-electron chi connectivity index (χ1n) is 3.57. The molecule has 2 aromatic rings. The third-order valence-electron chi connectivity index (χ3n) is 1.73. The summed E-state index contributed by atoms with van der Waals surface area (Å²) in [5.74, 6) is -0.297. The molecule has 1 heterocycles. The molecule has 2 rings (SSSR count). The van der Waals surface area contributed by atoms with Crippen LogP contribution in [0.4, 0.5) is 4.39 Å². The van der Waals surface area contributed by atoms with Crippen molar-refractivity contribution < 1.29 is 4.39 Å². The van der Waals surface area contributed by atoms with Gasteiger partial charge in [0.2, 0.25) is 0 Å². The minimum atomic E-state index is -0.297. The van der Waals surface area contributed by atoms with Crippen LogP contribution in [0.25, 0.3) is 10.8 Å². The van der Waals surface area contributed by atoms with Gasteiger partial charge < -0.3 is 0 Å². The molecular weight excluding hydrogens is 256 g/mol. The summed E-state index contributed by atoms with van der Waals surface area (Å²) < 4.78 is 13.5. The zero-order chi connectivity index (χ0) is 9.42. The van der Waals surface area contributed by atoms with Crippen LogP contribution in [0.1, 0.15) is 0 Å². The van der Waals surface area contributed by atoms with Crippen LogP contribution in [0.5, 0.6) is 0 Å². The summed E-state index contributed by atoms with van der Waals surface area (Å²) in [6, 6.07) is 4.73. The van der Waals surface area contributed by atoms with Gasteiger partial charge in [0.25, 0.3) is 0 Å².